The Bertz CT molecular complexity index is 544. The van der Waals surface area contributed by atoms with Crippen molar-refractivity contribution in [2.75, 3.05) is 0 Å². The van der Waals surface area contributed by atoms with Gasteiger partial charge >= 0.3 is 0 Å². The number of alkyl halides is 2. The summed E-state index contributed by atoms with van der Waals surface area (Å²) in [5, 5.41) is 2.26. The Kier molecular flexibility index (Phi) is 2.26. The molecule has 0 saturated heterocycles. The van der Waals surface area contributed by atoms with Crippen LogP contribution < -0.4 is 5.56 Å². The van der Waals surface area contributed by atoms with Crippen LogP contribution in [-0.4, -0.2) is 14.6 Å². The molecule has 2 rings (SSSR count). The fraction of sp³-hybridized carbons (Fsp3) is 0.333. The zero-order chi connectivity index (χ0) is 11.0. The van der Waals surface area contributed by atoms with E-state index >= 15 is 0 Å². The van der Waals surface area contributed by atoms with Crippen LogP contribution in [0.2, 0.25) is 0 Å². The summed E-state index contributed by atoms with van der Waals surface area (Å²) in [5.74, 6) is -0.486. The minimum absolute atomic E-state index is 0.231. The number of nitrogens with zero attached hydrogens (tertiary/aromatic N) is 2. The number of rotatable bonds is 2. The molecule has 2 aromatic heterocycles. The zero-order valence-electron chi connectivity index (χ0n) is 8.00. The van der Waals surface area contributed by atoms with Gasteiger partial charge < -0.3 is 0 Å². The van der Waals surface area contributed by atoms with Gasteiger partial charge in [-0.3, -0.25) is 9.89 Å². The van der Waals surface area contributed by atoms with Crippen LogP contribution in [0.15, 0.2) is 16.9 Å². The van der Waals surface area contributed by atoms with Crippen LogP contribution in [0.1, 0.15) is 24.7 Å². The van der Waals surface area contributed by atoms with E-state index in [-0.39, 0.29) is 11.2 Å². The minimum Gasteiger partial charge on any atom is -0.271 e. The number of halogens is 2. The normalized spacial score (nSPS) is 11.5. The lowest BCUT2D eigenvalue weighted by Gasteiger charge is -1.94. The Morgan fingerprint density at radius 2 is 2.27 bits per heavy atom. The molecule has 0 unspecified atom stereocenters. The molecule has 0 saturated carbocycles. The van der Waals surface area contributed by atoms with E-state index in [1.54, 1.807) is 6.07 Å². The lowest BCUT2D eigenvalue weighted by molar-refractivity contribution is 0.140. The molecule has 0 bridgehead atoms. The van der Waals surface area contributed by atoms with Gasteiger partial charge in [-0.25, -0.2) is 18.3 Å². The maximum absolute atomic E-state index is 12.3. The van der Waals surface area contributed by atoms with Gasteiger partial charge in [0.25, 0.3) is 12.0 Å². The summed E-state index contributed by atoms with van der Waals surface area (Å²) in [6.45, 7) is 1.88. The SMILES string of the molecule is CCc1cc(=O)n2[nH]c(C(F)F)nc2c1. The maximum atomic E-state index is 12.3. The first-order chi connectivity index (χ1) is 7.11. The van der Waals surface area contributed by atoms with E-state index in [1.807, 2.05) is 6.92 Å². The number of aryl methyl sites for hydroxylation is 1. The highest BCUT2D eigenvalue weighted by Crippen LogP contribution is 2.14. The molecule has 0 aliphatic rings. The van der Waals surface area contributed by atoms with Crippen molar-refractivity contribution in [1.82, 2.24) is 14.6 Å². The summed E-state index contributed by atoms with van der Waals surface area (Å²) in [4.78, 5) is 15.1. The van der Waals surface area contributed by atoms with Gasteiger partial charge in [-0.1, -0.05) is 6.92 Å². The Labute approximate surface area is 83.5 Å². The van der Waals surface area contributed by atoms with Crippen molar-refractivity contribution in [3.05, 3.63) is 33.9 Å². The van der Waals surface area contributed by atoms with Gasteiger partial charge in [0.1, 0.15) is 0 Å². The summed E-state index contributed by atoms with van der Waals surface area (Å²) < 4.78 is 25.6. The first-order valence-electron chi connectivity index (χ1n) is 4.51. The van der Waals surface area contributed by atoms with E-state index in [0.29, 0.717) is 6.42 Å². The van der Waals surface area contributed by atoms with Crippen molar-refractivity contribution < 1.29 is 8.78 Å². The van der Waals surface area contributed by atoms with Gasteiger partial charge in [0.2, 0.25) is 0 Å². The maximum Gasteiger partial charge on any atom is 0.296 e. The van der Waals surface area contributed by atoms with Crippen molar-refractivity contribution in [1.29, 1.82) is 0 Å². The van der Waals surface area contributed by atoms with Crippen molar-refractivity contribution in [3.8, 4) is 0 Å². The molecule has 0 aromatic carbocycles. The Balaban J connectivity index is 2.70. The van der Waals surface area contributed by atoms with E-state index in [9.17, 15) is 13.6 Å². The number of H-pyrrole nitrogens is 1. The summed E-state index contributed by atoms with van der Waals surface area (Å²) >= 11 is 0. The quantitative estimate of drug-likeness (QED) is 0.822. The van der Waals surface area contributed by atoms with Gasteiger partial charge in [0, 0.05) is 6.07 Å². The fourth-order valence-corrected chi connectivity index (χ4v) is 1.37. The Hall–Kier alpha value is -1.72. The smallest absolute Gasteiger partial charge is 0.271 e. The van der Waals surface area contributed by atoms with E-state index in [4.69, 9.17) is 0 Å². The minimum atomic E-state index is -2.70. The third kappa shape index (κ3) is 1.62. The molecule has 4 nitrogen and oxygen atoms in total. The average Bonchev–Trinajstić information content (AvgIpc) is 2.61. The number of nitrogens with one attached hydrogen (secondary N) is 1. The van der Waals surface area contributed by atoms with Crippen molar-refractivity contribution in [2.45, 2.75) is 19.8 Å². The van der Waals surface area contributed by atoms with Crippen LogP contribution in [0.25, 0.3) is 5.65 Å². The largest absolute Gasteiger partial charge is 0.296 e. The number of pyridine rings is 1. The van der Waals surface area contributed by atoms with Crippen LogP contribution in [0.3, 0.4) is 0 Å². The van der Waals surface area contributed by atoms with Crippen molar-refractivity contribution in [2.24, 2.45) is 0 Å². The van der Waals surface area contributed by atoms with E-state index < -0.39 is 12.2 Å². The molecule has 2 heterocycles. The molecule has 0 aliphatic heterocycles. The molecule has 0 spiro atoms. The van der Waals surface area contributed by atoms with Gasteiger partial charge in [-0.15, -0.1) is 0 Å². The van der Waals surface area contributed by atoms with Crippen molar-refractivity contribution >= 4 is 5.65 Å². The molecule has 15 heavy (non-hydrogen) atoms. The van der Waals surface area contributed by atoms with Crippen LogP contribution >= 0.6 is 0 Å². The van der Waals surface area contributed by atoms with Gasteiger partial charge in [0.05, 0.1) is 0 Å². The topological polar surface area (TPSA) is 50.2 Å². The van der Waals surface area contributed by atoms with E-state index in [1.165, 1.54) is 6.07 Å². The molecule has 0 atom stereocenters. The van der Waals surface area contributed by atoms with Gasteiger partial charge in [0.15, 0.2) is 11.5 Å². The summed E-state index contributed by atoms with van der Waals surface area (Å²) in [7, 11) is 0. The molecule has 0 aliphatic carbocycles. The molecular weight excluding hydrogens is 204 g/mol. The van der Waals surface area contributed by atoms with E-state index in [0.717, 1.165) is 10.1 Å². The highest BCUT2D eigenvalue weighted by molar-refractivity contribution is 5.40. The third-order valence-corrected chi connectivity index (χ3v) is 2.15. The monoisotopic (exact) mass is 213 g/mol. The number of aromatic amines is 1. The average molecular weight is 213 g/mol. The summed E-state index contributed by atoms with van der Waals surface area (Å²) in [6.07, 6.45) is -2.03. The van der Waals surface area contributed by atoms with Gasteiger partial charge in [-0.05, 0) is 18.1 Å². The molecular formula is C9H9F2N3O. The zero-order valence-corrected chi connectivity index (χ0v) is 8.00. The molecule has 80 valence electrons. The number of aromatic nitrogens is 3. The molecule has 0 radical (unpaired) electrons. The third-order valence-electron chi connectivity index (χ3n) is 2.15. The standard InChI is InChI=1S/C9H9F2N3O/c1-2-5-3-6-12-9(8(10)11)13-14(6)7(15)4-5/h3-4,8H,2H2,1H3,(H,12,13). The second-order valence-corrected chi connectivity index (χ2v) is 3.16. The van der Waals surface area contributed by atoms with Crippen LogP contribution in [0.4, 0.5) is 8.78 Å². The van der Waals surface area contributed by atoms with Crippen LogP contribution in [0, 0.1) is 0 Å². The fourth-order valence-electron chi connectivity index (χ4n) is 1.37. The second-order valence-electron chi connectivity index (χ2n) is 3.16. The van der Waals surface area contributed by atoms with Crippen LogP contribution in [0.5, 0.6) is 0 Å². The predicted octanol–water partition coefficient (Wildman–Crippen LogP) is 1.52. The lowest BCUT2D eigenvalue weighted by atomic mass is 10.2. The second kappa shape index (κ2) is 3.45. The van der Waals surface area contributed by atoms with E-state index in [2.05, 4.69) is 10.1 Å². The summed E-state index contributed by atoms with van der Waals surface area (Å²) in [6, 6.07) is 3.02. The lowest BCUT2D eigenvalue weighted by Crippen LogP contribution is -2.13. The number of fused-ring (bicyclic) bond motifs is 1. The Morgan fingerprint density at radius 1 is 1.53 bits per heavy atom. The first-order valence-corrected chi connectivity index (χ1v) is 4.51. The first kappa shape index (κ1) is 9.82. The molecule has 1 N–H and O–H groups in total. The highest BCUT2D eigenvalue weighted by atomic mass is 19.3. The van der Waals surface area contributed by atoms with Crippen molar-refractivity contribution in [3.63, 3.8) is 0 Å². The molecule has 2 aromatic rings. The van der Waals surface area contributed by atoms with Gasteiger partial charge in [-0.2, -0.15) is 0 Å². The Morgan fingerprint density at radius 3 is 2.87 bits per heavy atom. The molecule has 0 fully saturated rings. The highest BCUT2D eigenvalue weighted by Gasteiger charge is 2.13. The number of hydrogen-bond acceptors (Lipinski definition) is 2. The molecule has 6 heteroatoms. The predicted molar refractivity (Wildman–Crippen MR) is 50.1 cm³/mol. The summed E-state index contributed by atoms with van der Waals surface area (Å²) in [5.41, 5.74) is 0.644. The van der Waals surface area contributed by atoms with Crippen LogP contribution in [-0.2, 0) is 6.42 Å². The molecule has 0 amide bonds. The number of hydrogen-bond donors (Lipinski definition) is 1.